The molecule has 2 nitrogen and oxygen atoms in total. The van der Waals surface area contributed by atoms with Crippen molar-refractivity contribution >= 4 is 0 Å². The normalized spacial score (nSPS) is 16.9. The second kappa shape index (κ2) is 6.06. The minimum Gasteiger partial charge on any atom is -0.323 e. The number of likely N-dealkylation sites (N-methyl/N-ethyl adjacent to an activating group) is 1. The molecule has 0 aromatic heterocycles. The summed E-state index contributed by atoms with van der Waals surface area (Å²) in [6.45, 7) is 12.1. The molecule has 106 valence electrons. The fraction of sp³-hybridized carbons (Fsp3) is 0.647. The molecule has 1 aliphatic rings. The SMILES string of the molecule is CCN(CC1CC1)CC(N)c1c(C)cc(C)cc1C. The van der Waals surface area contributed by atoms with Crippen LogP contribution in [-0.4, -0.2) is 24.5 Å². The average molecular weight is 260 g/mol. The van der Waals surface area contributed by atoms with E-state index in [4.69, 9.17) is 5.73 Å². The van der Waals surface area contributed by atoms with Gasteiger partial charge in [-0.15, -0.1) is 0 Å². The van der Waals surface area contributed by atoms with Crippen molar-refractivity contribution in [3.8, 4) is 0 Å². The van der Waals surface area contributed by atoms with Crippen molar-refractivity contribution in [2.24, 2.45) is 11.7 Å². The highest BCUT2D eigenvalue weighted by molar-refractivity contribution is 5.39. The second-order valence-electron chi connectivity index (χ2n) is 6.21. The molecule has 1 aromatic rings. The van der Waals surface area contributed by atoms with Crippen molar-refractivity contribution < 1.29 is 0 Å². The van der Waals surface area contributed by atoms with Crippen LogP contribution in [0.5, 0.6) is 0 Å². The fourth-order valence-corrected chi connectivity index (χ4v) is 3.14. The van der Waals surface area contributed by atoms with Crippen molar-refractivity contribution in [3.63, 3.8) is 0 Å². The molecule has 0 spiro atoms. The van der Waals surface area contributed by atoms with Gasteiger partial charge in [0.05, 0.1) is 0 Å². The van der Waals surface area contributed by atoms with E-state index in [0.29, 0.717) is 0 Å². The van der Waals surface area contributed by atoms with Crippen LogP contribution in [0.4, 0.5) is 0 Å². The summed E-state index contributed by atoms with van der Waals surface area (Å²) in [6, 6.07) is 4.64. The number of hydrogen-bond donors (Lipinski definition) is 1. The zero-order valence-electron chi connectivity index (χ0n) is 12.9. The first kappa shape index (κ1) is 14.5. The Hall–Kier alpha value is -0.860. The summed E-state index contributed by atoms with van der Waals surface area (Å²) in [5.74, 6) is 0.937. The minimum absolute atomic E-state index is 0.138. The van der Waals surface area contributed by atoms with E-state index < -0.39 is 0 Å². The Labute approximate surface area is 118 Å². The van der Waals surface area contributed by atoms with Gasteiger partial charge >= 0.3 is 0 Å². The van der Waals surface area contributed by atoms with E-state index in [0.717, 1.165) is 19.0 Å². The summed E-state index contributed by atoms with van der Waals surface area (Å²) < 4.78 is 0. The third-order valence-electron chi connectivity index (χ3n) is 4.22. The van der Waals surface area contributed by atoms with Gasteiger partial charge in [0.1, 0.15) is 0 Å². The number of hydrogen-bond acceptors (Lipinski definition) is 2. The summed E-state index contributed by atoms with van der Waals surface area (Å²) in [6.07, 6.45) is 2.82. The predicted octanol–water partition coefficient (Wildman–Crippen LogP) is 3.34. The van der Waals surface area contributed by atoms with Gasteiger partial charge in [-0.2, -0.15) is 0 Å². The van der Waals surface area contributed by atoms with Crippen LogP contribution in [0.3, 0.4) is 0 Å². The number of benzene rings is 1. The molecule has 0 amide bonds. The molecule has 1 saturated carbocycles. The molecule has 1 fully saturated rings. The minimum atomic E-state index is 0.138. The van der Waals surface area contributed by atoms with Crippen molar-refractivity contribution in [2.75, 3.05) is 19.6 Å². The highest BCUT2D eigenvalue weighted by Gasteiger charge is 2.25. The molecule has 19 heavy (non-hydrogen) atoms. The van der Waals surface area contributed by atoms with Gasteiger partial charge in [-0.25, -0.2) is 0 Å². The smallest absolute Gasteiger partial charge is 0.0429 e. The lowest BCUT2D eigenvalue weighted by Gasteiger charge is -2.26. The summed E-state index contributed by atoms with van der Waals surface area (Å²) in [7, 11) is 0. The molecule has 2 rings (SSSR count). The maximum Gasteiger partial charge on any atom is 0.0429 e. The first-order valence-corrected chi connectivity index (χ1v) is 7.57. The van der Waals surface area contributed by atoms with Gasteiger partial charge in [-0.3, -0.25) is 0 Å². The maximum absolute atomic E-state index is 6.48. The highest BCUT2D eigenvalue weighted by Crippen LogP contribution is 2.30. The number of nitrogens with zero attached hydrogens (tertiary/aromatic N) is 1. The van der Waals surface area contributed by atoms with E-state index in [1.807, 2.05) is 0 Å². The van der Waals surface area contributed by atoms with Gasteiger partial charge in [-0.05, 0) is 62.8 Å². The predicted molar refractivity (Wildman–Crippen MR) is 82.4 cm³/mol. The number of nitrogens with two attached hydrogens (primary N) is 1. The van der Waals surface area contributed by atoms with E-state index in [9.17, 15) is 0 Å². The third kappa shape index (κ3) is 3.80. The van der Waals surface area contributed by atoms with Crippen molar-refractivity contribution in [3.05, 3.63) is 34.4 Å². The monoisotopic (exact) mass is 260 g/mol. The molecule has 1 unspecified atom stereocenters. The Morgan fingerprint density at radius 3 is 2.26 bits per heavy atom. The quantitative estimate of drug-likeness (QED) is 0.850. The van der Waals surface area contributed by atoms with Gasteiger partial charge in [0.15, 0.2) is 0 Å². The van der Waals surface area contributed by atoms with Crippen molar-refractivity contribution in [1.82, 2.24) is 4.90 Å². The second-order valence-corrected chi connectivity index (χ2v) is 6.21. The van der Waals surface area contributed by atoms with Crippen LogP contribution in [0.25, 0.3) is 0 Å². The fourth-order valence-electron chi connectivity index (χ4n) is 3.14. The van der Waals surface area contributed by atoms with Crippen LogP contribution in [0.2, 0.25) is 0 Å². The Bertz CT molecular complexity index is 412. The topological polar surface area (TPSA) is 29.3 Å². The largest absolute Gasteiger partial charge is 0.323 e. The number of aryl methyl sites for hydroxylation is 3. The van der Waals surface area contributed by atoms with Gasteiger partial charge in [0.2, 0.25) is 0 Å². The number of rotatable bonds is 6. The first-order chi connectivity index (χ1) is 9.01. The zero-order valence-corrected chi connectivity index (χ0v) is 12.9. The molecular weight excluding hydrogens is 232 g/mol. The summed E-state index contributed by atoms with van der Waals surface area (Å²) >= 11 is 0. The van der Waals surface area contributed by atoms with E-state index in [-0.39, 0.29) is 6.04 Å². The highest BCUT2D eigenvalue weighted by atomic mass is 15.1. The Morgan fingerprint density at radius 1 is 1.21 bits per heavy atom. The molecule has 0 saturated heterocycles. The lowest BCUT2D eigenvalue weighted by molar-refractivity contribution is 0.259. The lowest BCUT2D eigenvalue weighted by Crippen LogP contribution is -2.34. The standard InChI is InChI=1S/C17H28N2/c1-5-19(10-15-6-7-15)11-16(18)17-13(3)8-12(2)9-14(17)4/h8-9,15-16H,5-7,10-11,18H2,1-4H3. The molecule has 2 N–H and O–H groups in total. The zero-order chi connectivity index (χ0) is 14.0. The van der Waals surface area contributed by atoms with Gasteiger partial charge in [-0.1, -0.05) is 24.6 Å². The molecular formula is C17H28N2. The molecule has 0 aliphatic heterocycles. The van der Waals surface area contributed by atoms with Gasteiger partial charge in [0, 0.05) is 19.1 Å². The Balaban J connectivity index is 2.07. The molecule has 0 bridgehead atoms. The van der Waals surface area contributed by atoms with Crippen molar-refractivity contribution in [1.29, 1.82) is 0 Å². The summed E-state index contributed by atoms with van der Waals surface area (Å²) in [5, 5.41) is 0. The summed E-state index contributed by atoms with van der Waals surface area (Å²) in [5.41, 5.74) is 11.8. The van der Waals surface area contributed by atoms with Gasteiger partial charge < -0.3 is 10.6 Å². The maximum atomic E-state index is 6.48. The van der Waals surface area contributed by atoms with Crippen LogP contribution in [0, 0.1) is 26.7 Å². The van der Waals surface area contributed by atoms with Crippen LogP contribution < -0.4 is 5.73 Å². The molecule has 1 aliphatic carbocycles. The van der Waals surface area contributed by atoms with Crippen LogP contribution in [0.1, 0.15) is 48.1 Å². The van der Waals surface area contributed by atoms with Crippen LogP contribution in [-0.2, 0) is 0 Å². The molecule has 1 aromatic carbocycles. The summed E-state index contributed by atoms with van der Waals surface area (Å²) in [4.78, 5) is 2.51. The van der Waals surface area contributed by atoms with E-state index >= 15 is 0 Å². The Morgan fingerprint density at radius 2 is 1.79 bits per heavy atom. The van der Waals surface area contributed by atoms with Crippen molar-refractivity contribution in [2.45, 2.75) is 46.6 Å². The Kier molecular flexibility index (Phi) is 4.64. The van der Waals surface area contributed by atoms with E-state index in [1.165, 1.54) is 41.6 Å². The first-order valence-electron chi connectivity index (χ1n) is 7.57. The molecule has 2 heteroatoms. The molecule has 1 atom stereocenters. The molecule has 0 heterocycles. The molecule has 0 radical (unpaired) electrons. The van der Waals surface area contributed by atoms with Gasteiger partial charge in [0.25, 0.3) is 0 Å². The third-order valence-corrected chi connectivity index (χ3v) is 4.22. The van der Waals surface area contributed by atoms with Crippen LogP contribution in [0.15, 0.2) is 12.1 Å². The average Bonchev–Trinajstić information content (AvgIpc) is 3.10. The van der Waals surface area contributed by atoms with Crippen LogP contribution >= 0.6 is 0 Å². The van der Waals surface area contributed by atoms with E-state index in [2.05, 4.69) is 44.7 Å². The van der Waals surface area contributed by atoms with E-state index in [1.54, 1.807) is 0 Å². The lowest BCUT2D eigenvalue weighted by atomic mass is 9.94.